The zero-order valence-electron chi connectivity index (χ0n) is 13.1. The average molecular weight is 324 g/mol. The van der Waals surface area contributed by atoms with Crippen LogP contribution in [-0.2, 0) is 14.8 Å². The van der Waals surface area contributed by atoms with Crippen LogP contribution in [0.3, 0.4) is 0 Å². The van der Waals surface area contributed by atoms with Crippen LogP contribution in [-0.4, -0.2) is 26.4 Å². The quantitative estimate of drug-likeness (QED) is 0.870. The number of carbonyl (C=O) groups is 1. The van der Waals surface area contributed by atoms with Crippen molar-refractivity contribution >= 4 is 15.9 Å². The van der Waals surface area contributed by atoms with Crippen molar-refractivity contribution in [1.29, 1.82) is 0 Å². The normalized spacial score (nSPS) is 23.7. The van der Waals surface area contributed by atoms with Gasteiger partial charge in [-0.2, -0.15) is 4.72 Å². The molecule has 0 bridgehead atoms. The Kier molecular flexibility index (Phi) is 5.58. The van der Waals surface area contributed by atoms with E-state index in [2.05, 4.69) is 17.0 Å². The van der Waals surface area contributed by atoms with Gasteiger partial charge in [0.05, 0.1) is 10.9 Å². The van der Waals surface area contributed by atoms with Gasteiger partial charge in [0.25, 0.3) is 0 Å². The van der Waals surface area contributed by atoms with Crippen LogP contribution in [0.25, 0.3) is 0 Å². The van der Waals surface area contributed by atoms with Gasteiger partial charge in [0, 0.05) is 6.04 Å². The molecule has 1 amide bonds. The van der Waals surface area contributed by atoms with Gasteiger partial charge >= 0.3 is 0 Å². The monoisotopic (exact) mass is 324 g/mol. The summed E-state index contributed by atoms with van der Waals surface area (Å²) in [5, 5.41) is 2.95. The molecule has 6 heteroatoms. The molecule has 1 aliphatic carbocycles. The topological polar surface area (TPSA) is 75.3 Å². The number of nitrogens with one attached hydrogen (secondary N) is 2. The summed E-state index contributed by atoms with van der Waals surface area (Å²) in [4.78, 5) is 12.3. The van der Waals surface area contributed by atoms with E-state index in [1.807, 2.05) is 0 Å². The molecular formula is C16H24N2O3S. The van der Waals surface area contributed by atoms with E-state index in [1.165, 1.54) is 12.1 Å². The van der Waals surface area contributed by atoms with Crippen molar-refractivity contribution in [2.45, 2.75) is 56.5 Å². The van der Waals surface area contributed by atoms with E-state index in [0.717, 1.165) is 25.7 Å². The number of hydrogen-bond acceptors (Lipinski definition) is 3. The lowest BCUT2D eigenvalue weighted by atomic mass is 9.87. The second kappa shape index (κ2) is 7.24. The van der Waals surface area contributed by atoms with Gasteiger partial charge in [0.2, 0.25) is 15.9 Å². The van der Waals surface area contributed by atoms with Gasteiger partial charge in [0.1, 0.15) is 0 Å². The van der Waals surface area contributed by atoms with Crippen LogP contribution < -0.4 is 10.0 Å². The van der Waals surface area contributed by atoms with Crippen molar-refractivity contribution in [3.63, 3.8) is 0 Å². The molecule has 1 saturated carbocycles. The van der Waals surface area contributed by atoms with Gasteiger partial charge in [-0.25, -0.2) is 8.42 Å². The fourth-order valence-corrected chi connectivity index (χ4v) is 3.91. The first-order valence-electron chi connectivity index (χ1n) is 7.76. The lowest BCUT2D eigenvalue weighted by molar-refractivity contribution is -0.123. The lowest BCUT2D eigenvalue weighted by Gasteiger charge is -2.28. The molecule has 1 aromatic carbocycles. The van der Waals surface area contributed by atoms with E-state index in [4.69, 9.17) is 0 Å². The van der Waals surface area contributed by atoms with Crippen molar-refractivity contribution in [2.75, 3.05) is 0 Å². The predicted octanol–water partition coefficient (Wildman–Crippen LogP) is 2.05. The Labute approximate surface area is 132 Å². The van der Waals surface area contributed by atoms with Crippen LogP contribution in [0.4, 0.5) is 0 Å². The Hall–Kier alpha value is -1.40. The maximum Gasteiger partial charge on any atom is 0.241 e. The standard InChI is InChI=1S/C16H24N2O3S/c1-12-8-10-14(11-9-12)17-16(19)13(2)18-22(20,21)15-6-4-3-5-7-15/h3-7,12-14,18H,8-11H2,1-2H3,(H,17,19). The lowest BCUT2D eigenvalue weighted by Crippen LogP contribution is -2.48. The van der Waals surface area contributed by atoms with Crippen LogP contribution in [0.5, 0.6) is 0 Å². The molecule has 0 radical (unpaired) electrons. The van der Waals surface area contributed by atoms with E-state index in [0.29, 0.717) is 5.92 Å². The van der Waals surface area contributed by atoms with Crippen LogP contribution in [0.15, 0.2) is 35.2 Å². The Morgan fingerprint density at radius 1 is 1.14 bits per heavy atom. The van der Waals surface area contributed by atoms with Gasteiger partial charge in [-0.15, -0.1) is 0 Å². The minimum atomic E-state index is -3.66. The highest BCUT2D eigenvalue weighted by molar-refractivity contribution is 7.89. The van der Waals surface area contributed by atoms with Crippen LogP contribution in [0.2, 0.25) is 0 Å². The van der Waals surface area contributed by atoms with Crippen LogP contribution >= 0.6 is 0 Å². The molecule has 22 heavy (non-hydrogen) atoms. The molecule has 0 spiro atoms. The molecule has 2 N–H and O–H groups in total. The summed E-state index contributed by atoms with van der Waals surface area (Å²) in [6.07, 6.45) is 4.14. The molecule has 0 aromatic heterocycles. The van der Waals surface area contributed by atoms with Crippen molar-refractivity contribution in [1.82, 2.24) is 10.0 Å². The SMILES string of the molecule is CC1CCC(NC(=O)C(C)NS(=O)(=O)c2ccccc2)CC1. The fraction of sp³-hybridized carbons (Fsp3) is 0.562. The average Bonchev–Trinajstić information content (AvgIpc) is 2.50. The van der Waals surface area contributed by atoms with Crippen molar-refractivity contribution < 1.29 is 13.2 Å². The molecule has 1 aromatic rings. The third kappa shape index (κ3) is 4.55. The summed E-state index contributed by atoms with van der Waals surface area (Å²) in [7, 11) is -3.66. The van der Waals surface area contributed by atoms with Crippen molar-refractivity contribution in [3.8, 4) is 0 Å². The Balaban J connectivity index is 1.91. The van der Waals surface area contributed by atoms with E-state index >= 15 is 0 Å². The van der Waals surface area contributed by atoms with Gasteiger partial charge < -0.3 is 5.32 Å². The zero-order valence-corrected chi connectivity index (χ0v) is 13.9. The highest BCUT2D eigenvalue weighted by Crippen LogP contribution is 2.23. The maximum atomic E-state index is 12.2. The third-order valence-corrected chi connectivity index (χ3v) is 5.70. The van der Waals surface area contributed by atoms with Gasteiger partial charge in [-0.1, -0.05) is 25.1 Å². The summed E-state index contributed by atoms with van der Waals surface area (Å²) in [5.41, 5.74) is 0. The number of amides is 1. The van der Waals surface area contributed by atoms with E-state index in [1.54, 1.807) is 25.1 Å². The Bertz CT molecular complexity index is 593. The molecule has 0 heterocycles. The van der Waals surface area contributed by atoms with Crippen molar-refractivity contribution in [2.24, 2.45) is 5.92 Å². The third-order valence-electron chi connectivity index (χ3n) is 4.14. The zero-order chi connectivity index (χ0) is 16.2. The highest BCUT2D eigenvalue weighted by Gasteiger charge is 2.25. The number of benzene rings is 1. The number of hydrogen-bond donors (Lipinski definition) is 2. The molecule has 1 atom stereocenters. The maximum absolute atomic E-state index is 12.2. The van der Waals surface area contributed by atoms with E-state index in [-0.39, 0.29) is 16.8 Å². The van der Waals surface area contributed by atoms with Gasteiger partial charge in [-0.3, -0.25) is 4.79 Å². The largest absolute Gasteiger partial charge is 0.352 e. The summed E-state index contributed by atoms with van der Waals surface area (Å²) in [6, 6.07) is 7.45. The second-order valence-corrected chi connectivity index (χ2v) is 7.84. The first-order chi connectivity index (χ1) is 10.4. The molecular weight excluding hydrogens is 300 g/mol. The summed E-state index contributed by atoms with van der Waals surface area (Å²) < 4.78 is 26.8. The minimum Gasteiger partial charge on any atom is -0.352 e. The minimum absolute atomic E-state index is 0.160. The molecule has 0 aliphatic heterocycles. The molecule has 2 rings (SSSR count). The predicted molar refractivity (Wildman–Crippen MR) is 85.8 cm³/mol. The van der Waals surface area contributed by atoms with Crippen LogP contribution in [0, 0.1) is 5.92 Å². The molecule has 1 fully saturated rings. The summed E-state index contributed by atoms with van der Waals surface area (Å²) in [6.45, 7) is 3.79. The first kappa shape index (κ1) is 17.0. The van der Waals surface area contributed by atoms with Crippen molar-refractivity contribution in [3.05, 3.63) is 30.3 Å². The smallest absolute Gasteiger partial charge is 0.241 e. The summed E-state index contributed by atoms with van der Waals surface area (Å²) >= 11 is 0. The highest BCUT2D eigenvalue weighted by atomic mass is 32.2. The van der Waals surface area contributed by atoms with E-state index in [9.17, 15) is 13.2 Å². The summed E-state index contributed by atoms with van der Waals surface area (Å²) in [5.74, 6) is 0.446. The van der Waals surface area contributed by atoms with Crippen LogP contribution in [0.1, 0.15) is 39.5 Å². The van der Waals surface area contributed by atoms with Gasteiger partial charge in [0.15, 0.2) is 0 Å². The molecule has 0 saturated heterocycles. The number of carbonyl (C=O) groups excluding carboxylic acids is 1. The molecule has 1 unspecified atom stereocenters. The Morgan fingerprint density at radius 2 is 1.73 bits per heavy atom. The number of rotatable bonds is 5. The molecule has 122 valence electrons. The Morgan fingerprint density at radius 3 is 2.32 bits per heavy atom. The molecule has 5 nitrogen and oxygen atoms in total. The fourth-order valence-electron chi connectivity index (χ4n) is 2.68. The first-order valence-corrected chi connectivity index (χ1v) is 9.24. The second-order valence-electron chi connectivity index (χ2n) is 6.12. The van der Waals surface area contributed by atoms with E-state index < -0.39 is 16.1 Å². The van der Waals surface area contributed by atoms with Gasteiger partial charge in [-0.05, 0) is 50.7 Å². The molecule has 1 aliphatic rings. The number of sulfonamides is 1.